The van der Waals surface area contributed by atoms with Crippen LogP contribution in [0.2, 0.25) is 0 Å². The van der Waals surface area contributed by atoms with Crippen molar-refractivity contribution in [2.75, 3.05) is 17.2 Å². The molecule has 110 valence electrons. The third-order valence-corrected chi connectivity index (χ3v) is 4.57. The first-order valence-electron chi connectivity index (χ1n) is 6.77. The predicted octanol–water partition coefficient (Wildman–Crippen LogP) is 2.72. The monoisotopic (exact) mass is 303 g/mol. The minimum atomic E-state index is -3.35. The molecular weight excluding hydrogens is 286 g/mol. The Morgan fingerprint density at radius 1 is 1.14 bits per heavy atom. The van der Waals surface area contributed by atoms with E-state index in [1.165, 1.54) is 10.6 Å². The highest BCUT2D eigenvalue weighted by Gasteiger charge is 2.26. The van der Waals surface area contributed by atoms with Gasteiger partial charge in [-0.2, -0.15) is 0 Å². The zero-order valence-corrected chi connectivity index (χ0v) is 12.6. The van der Waals surface area contributed by atoms with E-state index in [-0.39, 0.29) is 6.10 Å². The fourth-order valence-corrected chi connectivity index (χ4v) is 3.15. The lowest BCUT2D eigenvalue weighted by molar-refractivity contribution is 0.415. The molecule has 1 aliphatic heterocycles. The Morgan fingerprint density at radius 3 is 2.48 bits per heavy atom. The summed E-state index contributed by atoms with van der Waals surface area (Å²) in [7, 11) is -3.35. The van der Waals surface area contributed by atoms with Gasteiger partial charge in [0, 0.05) is 0 Å². The molecule has 2 aromatic carbocycles. The summed E-state index contributed by atoms with van der Waals surface area (Å²) in [6, 6.07) is 17.1. The quantitative estimate of drug-likeness (QED) is 0.798. The minimum absolute atomic E-state index is 0.114. The molecule has 1 aliphatic rings. The smallest absolute Gasteiger partial charge is 0.232 e. The number of benzene rings is 2. The lowest BCUT2D eigenvalue weighted by Gasteiger charge is -2.23. The second-order valence-corrected chi connectivity index (χ2v) is 7.08. The average Bonchev–Trinajstić information content (AvgIpc) is 3.29. The fourth-order valence-electron chi connectivity index (χ4n) is 2.27. The van der Waals surface area contributed by atoms with Gasteiger partial charge in [0.05, 0.1) is 25.1 Å². The molecule has 0 bridgehead atoms. The van der Waals surface area contributed by atoms with Crippen LogP contribution in [0.5, 0.6) is 0 Å². The van der Waals surface area contributed by atoms with Gasteiger partial charge in [-0.05, 0) is 23.3 Å². The number of nitrogens with zero attached hydrogens (tertiary/aromatic N) is 1. The van der Waals surface area contributed by atoms with Crippen LogP contribution in [0.25, 0.3) is 0 Å². The van der Waals surface area contributed by atoms with Gasteiger partial charge in [-0.25, -0.2) is 8.42 Å². The summed E-state index contributed by atoms with van der Waals surface area (Å²) < 4.78 is 30.9. The van der Waals surface area contributed by atoms with Crippen molar-refractivity contribution in [1.29, 1.82) is 0 Å². The summed E-state index contributed by atoms with van der Waals surface area (Å²) in [4.78, 5) is 0. The third-order valence-electron chi connectivity index (χ3n) is 3.43. The predicted molar refractivity (Wildman–Crippen MR) is 82.6 cm³/mol. The highest BCUT2D eigenvalue weighted by atomic mass is 32.2. The maximum absolute atomic E-state index is 12.1. The van der Waals surface area contributed by atoms with E-state index < -0.39 is 10.0 Å². The lowest BCUT2D eigenvalue weighted by Crippen LogP contribution is -2.29. The highest BCUT2D eigenvalue weighted by molar-refractivity contribution is 7.92. The molecule has 0 spiro atoms. The maximum atomic E-state index is 12.1. The molecule has 0 aliphatic carbocycles. The van der Waals surface area contributed by atoms with E-state index in [0.29, 0.717) is 18.8 Å². The van der Waals surface area contributed by atoms with Crippen LogP contribution in [0.4, 0.5) is 5.69 Å². The van der Waals surface area contributed by atoms with Gasteiger partial charge in [0.2, 0.25) is 10.0 Å². The van der Waals surface area contributed by atoms with E-state index in [1.54, 1.807) is 0 Å². The van der Waals surface area contributed by atoms with Crippen molar-refractivity contribution >= 4 is 15.7 Å². The van der Waals surface area contributed by atoms with Crippen molar-refractivity contribution in [2.24, 2.45) is 0 Å². The molecule has 0 N–H and O–H groups in total. The Labute approximate surface area is 125 Å². The molecule has 21 heavy (non-hydrogen) atoms. The first kappa shape index (κ1) is 14.1. The second kappa shape index (κ2) is 5.50. The largest absolute Gasteiger partial charge is 0.368 e. The van der Waals surface area contributed by atoms with Gasteiger partial charge < -0.3 is 4.74 Å². The first-order chi connectivity index (χ1) is 10.0. The number of sulfonamides is 1. The molecule has 1 atom stereocenters. The van der Waals surface area contributed by atoms with Gasteiger partial charge in [-0.3, -0.25) is 4.31 Å². The second-order valence-electron chi connectivity index (χ2n) is 5.17. The molecule has 2 aromatic rings. The van der Waals surface area contributed by atoms with Crippen molar-refractivity contribution in [3.8, 4) is 0 Å². The molecule has 1 fully saturated rings. The average molecular weight is 303 g/mol. The normalized spacial score (nSPS) is 17.5. The van der Waals surface area contributed by atoms with Crippen LogP contribution in [0.15, 0.2) is 54.6 Å². The summed E-state index contributed by atoms with van der Waals surface area (Å²) in [5.41, 5.74) is 2.65. The van der Waals surface area contributed by atoms with E-state index in [0.717, 1.165) is 11.1 Å². The molecule has 4 nitrogen and oxygen atoms in total. The molecule has 1 heterocycles. The zero-order chi connectivity index (χ0) is 14.9. The number of epoxide rings is 1. The van der Waals surface area contributed by atoms with Gasteiger partial charge in [0.1, 0.15) is 6.10 Å². The molecule has 0 amide bonds. The Kier molecular flexibility index (Phi) is 3.69. The van der Waals surface area contributed by atoms with Crippen LogP contribution in [-0.2, 0) is 21.3 Å². The van der Waals surface area contributed by atoms with Crippen molar-refractivity contribution in [3.05, 3.63) is 65.7 Å². The van der Waals surface area contributed by atoms with Gasteiger partial charge in [0.15, 0.2) is 0 Å². The number of anilines is 1. The Hall–Kier alpha value is -1.85. The Balaban J connectivity index is 1.94. The number of hydrogen-bond acceptors (Lipinski definition) is 3. The molecule has 5 heteroatoms. The number of ether oxygens (including phenoxy) is 1. The molecule has 1 saturated heterocycles. The minimum Gasteiger partial charge on any atom is -0.368 e. The molecule has 0 radical (unpaired) electrons. The van der Waals surface area contributed by atoms with E-state index >= 15 is 0 Å². The van der Waals surface area contributed by atoms with Crippen molar-refractivity contribution in [1.82, 2.24) is 0 Å². The SMILES string of the molecule is CS(=O)(=O)N(Cc1ccccc1)c1cccc([C@@H]2CO2)c1. The van der Waals surface area contributed by atoms with Crippen LogP contribution in [-0.4, -0.2) is 21.3 Å². The van der Waals surface area contributed by atoms with E-state index in [2.05, 4.69) is 0 Å². The standard InChI is InChI=1S/C16H17NO3S/c1-21(18,19)17(11-13-6-3-2-4-7-13)15-9-5-8-14(10-15)16-12-20-16/h2-10,16H,11-12H2,1H3/t16-/m0/s1. The molecule has 0 unspecified atom stereocenters. The van der Waals surface area contributed by atoms with E-state index in [1.807, 2.05) is 54.6 Å². The van der Waals surface area contributed by atoms with Crippen molar-refractivity contribution in [2.45, 2.75) is 12.6 Å². The lowest BCUT2D eigenvalue weighted by atomic mass is 10.1. The fraction of sp³-hybridized carbons (Fsp3) is 0.250. The maximum Gasteiger partial charge on any atom is 0.232 e. The topological polar surface area (TPSA) is 49.9 Å². The van der Waals surface area contributed by atoms with Crippen LogP contribution in [0, 0.1) is 0 Å². The summed E-state index contributed by atoms with van der Waals surface area (Å²) in [5, 5.41) is 0. The summed E-state index contributed by atoms with van der Waals surface area (Å²) in [6.45, 7) is 1.04. The van der Waals surface area contributed by atoms with Crippen LogP contribution in [0.3, 0.4) is 0 Å². The molecule has 3 rings (SSSR count). The number of rotatable bonds is 5. The first-order valence-corrected chi connectivity index (χ1v) is 8.62. The van der Waals surface area contributed by atoms with Gasteiger partial charge in [-0.15, -0.1) is 0 Å². The van der Waals surface area contributed by atoms with E-state index in [4.69, 9.17) is 4.74 Å². The Morgan fingerprint density at radius 2 is 1.86 bits per heavy atom. The van der Waals surface area contributed by atoms with Gasteiger partial charge in [-0.1, -0.05) is 42.5 Å². The molecular formula is C16H17NO3S. The molecule has 0 aromatic heterocycles. The zero-order valence-electron chi connectivity index (χ0n) is 11.8. The van der Waals surface area contributed by atoms with Crippen LogP contribution in [0.1, 0.15) is 17.2 Å². The Bertz CT molecular complexity index is 724. The summed E-state index contributed by atoms with van der Waals surface area (Å²) in [5.74, 6) is 0. The van der Waals surface area contributed by atoms with E-state index in [9.17, 15) is 8.42 Å². The molecule has 0 saturated carbocycles. The summed E-state index contributed by atoms with van der Waals surface area (Å²) >= 11 is 0. The summed E-state index contributed by atoms with van der Waals surface area (Å²) in [6.07, 6.45) is 1.35. The van der Waals surface area contributed by atoms with Crippen LogP contribution < -0.4 is 4.31 Å². The third kappa shape index (κ3) is 3.43. The van der Waals surface area contributed by atoms with Gasteiger partial charge >= 0.3 is 0 Å². The van der Waals surface area contributed by atoms with Crippen molar-refractivity contribution in [3.63, 3.8) is 0 Å². The number of hydrogen-bond donors (Lipinski definition) is 0. The van der Waals surface area contributed by atoms with Crippen molar-refractivity contribution < 1.29 is 13.2 Å². The highest BCUT2D eigenvalue weighted by Crippen LogP contribution is 2.32. The van der Waals surface area contributed by atoms with Crippen LogP contribution >= 0.6 is 0 Å². The van der Waals surface area contributed by atoms with Gasteiger partial charge in [0.25, 0.3) is 0 Å².